The van der Waals surface area contributed by atoms with Gasteiger partial charge in [0.05, 0.1) is 17.7 Å². The van der Waals surface area contributed by atoms with Crippen LogP contribution in [0.25, 0.3) is 0 Å². The summed E-state index contributed by atoms with van der Waals surface area (Å²) < 4.78 is 32.3. The highest BCUT2D eigenvalue weighted by atomic mass is 32.2. The van der Waals surface area contributed by atoms with Gasteiger partial charge in [0.2, 0.25) is 10.0 Å². The Bertz CT molecular complexity index is 575. The molecule has 0 heterocycles. The fraction of sp³-hybridized carbons (Fsp3) is 0.571. The molecule has 0 unspecified atom stereocenters. The van der Waals surface area contributed by atoms with Crippen molar-refractivity contribution in [2.24, 2.45) is 5.41 Å². The Hall–Kier alpha value is -1.27. The van der Waals surface area contributed by atoms with Crippen LogP contribution >= 0.6 is 0 Å². The number of nitrogens with two attached hydrogens (primary N) is 1. The van der Waals surface area contributed by atoms with Crippen LogP contribution in [0.3, 0.4) is 0 Å². The summed E-state index contributed by atoms with van der Waals surface area (Å²) in [5, 5.41) is 0. The Morgan fingerprint density at radius 1 is 1.40 bits per heavy atom. The zero-order valence-corrected chi connectivity index (χ0v) is 12.8. The van der Waals surface area contributed by atoms with E-state index in [2.05, 4.69) is 11.6 Å². The summed E-state index contributed by atoms with van der Waals surface area (Å²) in [6.45, 7) is 2.61. The van der Waals surface area contributed by atoms with E-state index in [0.29, 0.717) is 18.0 Å². The average Bonchev–Trinajstić information content (AvgIpc) is 2.38. The minimum Gasteiger partial charge on any atom is -0.495 e. The molecule has 1 aromatic rings. The third-order valence-electron chi connectivity index (χ3n) is 4.31. The number of methoxy groups -OCH3 is 1. The van der Waals surface area contributed by atoms with Gasteiger partial charge in [-0.05, 0) is 42.9 Å². The molecule has 6 heteroatoms. The predicted octanol–water partition coefficient (Wildman–Crippen LogP) is 2.14. The van der Waals surface area contributed by atoms with Crippen LogP contribution in [0.2, 0.25) is 0 Å². The molecule has 1 fully saturated rings. The number of rotatable bonds is 6. The maximum atomic E-state index is 12.3. The van der Waals surface area contributed by atoms with Crippen LogP contribution in [0.4, 0.5) is 5.69 Å². The SMILES string of the molecule is CCC1(CNS(=O)(=O)c2ccc(OC)c(N)c2)CCC1. The zero-order valence-electron chi connectivity index (χ0n) is 12.0. The third kappa shape index (κ3) is 2.91. The molecule has 0 saturated heterocycles. The van der Waals surface area contributed by atoms with Gasteiger partial charge in [-0.25, -0.2) is 13.1 Å². The molecule has 5 nitrogen and oxygen atoms in total. The number of nitrogens with one attached hydrogen (secondary N) is 1. The molecule has 0 amide bonds. The first-order chi connectivity index (χ1) is 9.42. The Balaban J connectivity index is 2.12. The van der Waals surface area contributed by atoms with Gasteiger partial charge in [-0.15, -0.1) is 0 Å². The smallest absolute Gasteiger partial charge is 0.240 e. The number of hydrogen-bond donors (Lipinski definition) is 2. The number of ether oxygens (including phenoxy) is 1. The Morgan fingerprint density at radius 3 is 2.55 bits per heavy atom. The van der Waals surface area contributed by atoms with Crippen molar-refractivity contribution in [3.05, 3.63) is 18.2 Å². The maximum Gasteiger partial charge on any atom is 0.240 e. The lowest BCUT2D eigenvalue weighted by molar-refractivity contribution is 0.133. The van der Waals surface area contributed by atoms with E-state index in [1.54, 1.807) is 6.07 Å². The second-order valence-corrected chi connectivity index (χ2v) is 7.20. The van der Waals surface area contributed by atoms with Crippen LogP contribution in [0.5, 0.6) is 5.75 Å². The maximum absolute atomic E-state index is 12.3. The third-order valence-corrected chi connectivity index (χ3v) is 5.71. The summed E-state index contributed by atoms with van der Waals surface area (Å²) in [6.07, 6.45) is 4.37. The lowest BCUT2D eigenvalue weighted by Crippen LogP contribution is -2.41. The first-order valence-corrected chi connectivity index (χ1v) is 8.34. The van der Waals surface area contributed by atoms with Crippen molar-refractivity contribution in [2.45, 2.75) is 37.5 Å². The lowest BCUT2D eigenvalue weighted by atomic mass is 9.67. The molecule has 0 radical (unpaired) electrons. The fourth-order valence-corrected chi connectivity index (χ4v) is 3.74. The van der Waals surface area contributed by atoms with E-state index >= 15 is 0 Å². The van der Waals surface area contributed by atoms with Crippen molar-refractivity contribution in [1.29, 1.82) is 0 Å². The van der Waals surface area contributed by atoms with E-state index in [1.807, 2.05) is 0 Å². The van der Waals surface area contributed by atoms with Crippen LogP contribution in [-0.2, 0) is 10.0 Å². The van der Waals surface area contributed by atoms with Crippen LogP contribution in [-0.4, -0.2) is 22.1 Å². The van der Waals surface area contributed by atoms with Crippen LogP contribution in [0, 0.1) is 5.41 Å². The van der Waals surface area contributed by atoms with Gasteiger partial charge in [-0.1, -0.05) is 13.3 Å². The quantitative estimate of drug-likeness (QED) is 0.788. The molecular weight excluding hydrogens is 276 g/mol. The molecule has 0 atom stereocenters. The average molecular weight is 298 g/mol. The number of sulfonamides is 1. The van der Waals surface area contributed by atoms with Gasteiger partial charge in [-0.3, -0.25) is 0 Å². The Morgan fingerprint density at radius 2 is 2.10 bits per heavy atom. The zero-order chi connectivity index (χ0) is 14.8. The largest absolute Gasteiger partial charge is 0.495 e. The fourth-order valence-electron chi connectivity index (χ4n) is 2.54. The molecule has 112 valence electrons. The lowest BCUT2D eigenvalue weighted by Gasteiger charge is -2.41. The molecule has 0 aliphatic heterocycles. The van der Waals surface area contributed by atoms with E-state index < -0.39 is 10.0 Å². The van der Waals surface area contributed by atoms with E-state index in [9.17, 15) is 8.42 Å². The molecular formula is C14H22N2O3S. The van der Waals surface area contributed by atoms with Crippen molar-refractivity contribution in [2.75, 3.05) is 19.4 Å². The normalized spacial score (nSPS) is 17.5. The number of nitrogen functional groups attached to an aromatic ring is 1. The first kappa shape index (κ1) is 15.1. The highest BCUT2D eigenvalue weighted by molar-refractivity contribution is 7.89. The number of anilines is 1. The molecule has 1 aliphatic carbocycles. The molecule has 3 N–H and O–H groups in total. The van der Waals surface area contributed by atoms with Gasteiger partial charge >= 0.3 is 0 Å². The minimum atomic E-state index is -3.51. The van der Waals surface area contributed by atoms with Gasteiger partial charge in [0, 0.05) is 6.54 Å². The second kappa shape index (κ2) is 5.61. The molecule has 1 aromatic carbocycles. The molecule has 0 spiro atoms. The topological polar surface area (TPSA) is 81.4 Å². The summed E-state index contributed by atoms with van der Waals surface area (Å²) >= 11 is 0. The predicted molar refractivity (Wildman–Crippen MR) is 79.2 cm³/mol. The summed E-state index contributed by atoms with van der Waals surface area (Å²) in [5.41, 5.74) is 6.22. The highest BCUT2D eigenvalue weighted by Gasteiger charge is 2.36. The van der Waals surface area contributed by atoms with Gasteiger partial charge in [-0.2, -0.15) is 0 Å². The second-order valence-electron chi connectivity index (χ2n) is 5.44. The summed E-state index contributed by atoms with van der Waals surface area (Å²) in [7, 11) is -2.01. The number of hydrogen-bond acceptors (Lipinski definition) is 4. The van der Waals surface area contributed by atoms with E-state index in [4.69, 9.17) is 10.5 Å². The molecule has 20 heavy (non-hydrogen) atoms. The molecule has 1 saturated carbocycles. The van der Waals surface area contributed by atoms with Gasteiger partial charge < -0.3 is 10.5 Å². The van der Waals surface area contributed by atoms with Crippen molar-refractivity contribution in [3.8, 4) is 5.75 Å². The minimum absolute atomic E-state index is 0.144. The summed E-state index contributed by atoms with van der Waals surface area (Å²) in [5.74, 6) is 0.480. The van der Waals surface area contributed by atoms with Crippen molar-refractivity contribution < 1.29 is 13.2 Å². The van der Waals surface area contributed by atoms with Crippen LogP contribution < -0.4 is 15.2 Å². The van der Waals surface area contributed by atoms with Crippen molar-refractivity contribution in [3.63, 3.8) is 0 Å². The van der Waals surface area contributed by atoms with E-state index in [0.717, 1.165) is 19.3 Å². The number of benzene rings is 1. The van der Waals surface area contributed by atoms with Gasteiger partial charge in [0.15, 0.2) is 0 Å². The van der Waals surface area contributed by atoms with Crippen molar-refractivity contribution in [1.82, 2.24) is 4.72 Å². The highest BCUT2D eigenvalue weighted by Crippen LogP contribution is 2.43. The monoisotopic (exact) mass is 298 g/mol. The van der Waals surface area contributed by atoms with E-state index in [-0.39, 0.29) is 10.3 Å². The van der Waals surface area contributed by atoms with Gasteiger partial charge in [0.1, 0.15) is 5.75 Å². The van der Waals surface area contributed by atoms with E-state index in [1.165, 1.54) is 25.7 Å². The Labute approximate surface area is 120 Å². The molecule has 2 rings (SSSR count). The summed E-state index contributed by atoms with van der Waals surface area (Å²) in [4.78, 5) is 0.182. The van der Waals surface area contributed by atoms with Crippen molar-refractivity contribution >= 4 is 15.7 Å². The first-order valence-electron chi connectivity index (χ1n) is 6.86. The molecule has 0 bridgehead atoms. The summed E-state index contributed by atoms with van der Waals surface area (Å²) in [6, 6.07) is 4.51. The Kier molecular flexibility index (Phi) is 4.25. The molecule has 1 aliphatic rings. The molecule has 0 aromatic heterocycles. The van der Waals surface area contributed by atoms with Gasteiger partial charge in [0.25, 0.3) is 0 Å². The standard InChI is InChI=1S/C14H22N2O3S/c1-3-14(7-4-8-14)10-16-20(17,18)11-5-6-13(19-2)12(15)9-11/h5-6,9,16H,3-4,7-8,10,15H2,1-2H3. The van der Waals surface area contributed by atoms with Crippen LogP contribution in [0.1, 0.15) is 32.6 Å². The van der Waals surface area contributed by atoms with Crippen LogP contribution in [0.15, 0.2) is 23.1 Å².